The summed E-state index contributed by atoms with van der Waals surface area (Å²) in [6.45, 7) is 2.78. The number of aryl methyl sites for hydroxylation is 1. The second-order valence-electron chi connectivity index (χ2n) is 3.43. The second kappa shape index (κ2) is 6.19. The molecule has 0 aliphatic carbocycles. The summed E-state index contributed by atoms with van der Waals surface area (Å²) in [5, 5.41) is 12.5. The van der Waals surface area contributed by atoms with Gasteiger partial charge < -0.3 is 10.6 Å². The summed E-state index contributed by atoms with van der Waals surface area (Å²) < 4.78 is 0. The van der Waals surface area contributed by atoms with E-state index in [1.165, 1.54) is 0 Å². The van der Waals surface area contributed by atoms with Gasteiger partial charge >= 0.3 is 0 Å². The molecule has 1 amide bonds. The van der Waals surface area contributed by atoms with Crippen molar-refractivity contribution in [2.24, 2.45) is 0 Å². The van der Waals surface area contributed by atoms with Crippen molar-refractivity contribution in [3.8, 4) is 0 Å². The van der Waals surface area contributed by atoms with Gasteiger partial charge in [-0.1, -0.05) is 13.3 Å². The molecular formula is C10H18N4O. The molecular weight excluding hydrogens is 192 g/mol. The van der Waals surface area contributed by atoms with Crippen LogP contribution in [0, 0.1) is 0 Å². The van der Waals surface area contributed by atoms with Crippen molar-refractivity contribution in [2.75, 3.05) is 18.9 Å². The van der Waals surface area contributed by atoms with Crippen molar-refractivity contribution in [2.45, 2.75) is 26.2 Å². The average molecular weight is 210 g/mol. The van der Waals surface area contributed by atoms with Crippen LogP contribution in [0.5, 0.6) is 0 Å². The molecule has 1 aromatic heterocycles. The Kier molecular flexibility index (Phi) is 4.83. The number of carbonyl (C=O) groups excluding carboxylic acids is 1. The highest BCUT2D eigenvalue weighted by Crippen LogP contribution is 2.07. The molecule has 0 spiro atoms. The van der Waals surface area contributed by atoms with E-state index in [9.17, 15) is 4.79 Å². The third kappa shape index (κ3) is 4.12. The molecule has 15 heavy (non-hydrogen) atoms. The van der Waals surface area contributed by atoms with Gasteiger partial charge in [-0.2, -0.15) is 5.10 Å². The van der Waals surface area contributed by atoms with Crippen molar-refractivity contribution in [1.29, 1.82) is 0 Å². The van der Waals surface area contributed by atoms with Gasteiger partial charge in [0, 0.05) is 24.7 Å². The lowest BCUT2D eigenvalue weighted by Crippen LogP contribution is -2.18. The fraction of sp³-hybridized carbons (Fsp3) is 0.600. The monoisotopic (exact) mass is 210 g/mol. The lowest BCUT2D eigenvalue weighted by molar-refractivity contribution is -0.116. The smallest absolute Gasteiger partial charge is 0.226 e. The lowest BCUT2D eigenvalue weighted by Gasteiger charge is -1.99. The first-order valence-corrected chi connectivity index (χ1v) is 5.25. The topological polar surface area (TPSA) is 69.8 Å². The van der Waals surface area contributed by atoms with E-state index in [1.54, 1.807) is 0 Å². The third-order valence-electron chi connectivity index (χ3n) is 2.02. The molecule has 0 atom stereocenters. The molecule has 1 aromatic rings. The minimum absolute atomic E-state index is 0.0149. The van der Waals surface area contributed by atoms with E-state index in [1.807, 2.05) is 13.1 Å². The number of hydrogen-bond donors (Lipinski definition) is 3. The molecule has 0 aliphatic heterocycles. The first-order valence-electron chi connectivity index (χ1n) is 5.25. The van der Waals surface area contributed by atoms with Crippen LogP contribution >= 0.6 is 0 Å². The quantitative estimate of drug-likeness (QED) is 0.653. The molecule has 5 nitrogen and oxygen atoms in total. The third-order valence-corrected chi connectivity index (χ3v) is 2.02. The predicted octanol–water partition coefficient (Wildman–Crippen LogP) is 0.910. The number of rotatable bonds is 6. The minimum Gasteiger partial charge on any atom is -0.319 e. The highest BCUT2D eigenvalue weighted by Gasteiger charge is 2.04. The number of nitrogens with one attached hydrogen (secondary N) is 3. The Labute approximate surface area is 89.6 Å². The molecule has 0 saturated heterocycles. The first-order chi connectivity index (χ1) is 7.26. The maximum atomic E-state index is 11.3. The molecule has 5 heteroatoms. The zero-order chi connectivity index (χ0) is 11.1. The molecule has 0 aliphatic rings. The van der Waals surface area contributed by atoms with Gasteiger partial charge in [-0.3, -0.25) is 9.89 Å². The van der Waals surface area contributed by atoms with E-state index in [0.29, 0.717) is 18.8 Å². The standard InChI is InChI=1S/C10H18N4O/c1-3-4-8-7-9(14-13-8)12-10(15)5-6-11-2/h7,11H,3-6H2,1-2H3,(H2,12,13,14,15). The summed E-state index contributed by atoms with van der Waals surface area (Å²) in [5.41, 5.74) is 1.06. The van der Waals surface area contributed by atoms with E-state index in [4.69, 9.17) is 0 Å². The Hall–Kier alpha value is -1.36. The molecule has 0 saturated carbocycles. The summed E-state index contributed by atoms with van der Waals surface area (Å²) in [6, 6.07) is 1.88. The van der Waals surface area contributed by atoms with Gasteiger partial charge in [-0.25, -0.2) is 0 Å². The molecule has 0 unspecified atom stereocenters. The van der Waals surface area contributed by atoms with Crippen LogP contribution in [-0.2, 0) is 11.2 Å². The van der Waals surface area contributed by atoms with Crippen molar-refractivity contribution in [1.82, 2.24) is 15.5 Å². The number of aromatic nitrogens is 2. The lowest BCUT2D eigenvalue weighted by atomic mass is 10.2. The fourth-order valence-corrected chi connectivity index (χ4v) is 1.27. The molecule has 1 rings (SSSR count). The number of nitrogens with zero attached hydrogens (tertiary/aromatic N) is 1. The van der Waals surface area contributed by atoms with Crippen LogP contribution in [0.4, 0.5) is 5.82 Å². The zero-order valence-corrected chi connectivity index (χ0v) is 9.26. The van der Waals surface area contributed by atoms with Gasteiger partial charge in [0.1, 0.15) is 0 Å². The molecule has 0 fully saturated rings. The van der Waals surface area contributed by atoms with Crippen LogP contribution < -0.4 is 10.6 Å². The summed E-state index contributed by atoms with van der Waals surface area (Å²) in [7, 11) is 1.82. The summed E-state index contributed by atoms with van der Waals surface area (Å²) in [4.78, 5) is 11.3. The van der Waals surface area contributed by atoms with Crippen LogP contribution in [0.3, 0.4) is 0 Å². The van der Waals surface area contributed by atoms with Crippen molar-refractivity contribution in [3.63, 3.8) is 0 Å². The highest BCUT2D eigenvalue weighted by molar-refractivity contribution is 5.89. The number of anilines is 1. The average Bonchev–Trinajstić information content (AvgIpc) is 2.63. The van der Waals surface area contributed by atoms with Crippen LogP contribution in [0.2, 0.25) is 0 Å². The molecule has 84 valence electrons. The van der Waals surface area contributed by atoms with E-state index < -0.39 is 0 Å². The van der Waals surface area contributed by atoms with E-state index in [0.717, 1.165) is 18.5 Å². The Morgan fingerprint density at radius 2 is 2.40 bits per heavy atom. The Morgan fingerprint density at radius 1 is 1.60 bits per heavy atom. The number of carbonyl (C=O) groups is 1. The predicted molar refractivity (Wildman–Crippen MR) is 59.8 cm³/mol. The van der Waals surface area contributed by atoms with Gasteiger partial charge in [-0.15, -0.1) is 0 Å². The van der Waals surface area contributed by atoms with Crippen molar-refractivity contribution >= 4 is 11.7 Å². The maximum absolute atomic E-state index is 11.3. The molecule has 0 aromatic carbocycles. The van der Waals surface area contributed by atoms with Gasteiger partial charge in [-0.05, 0) is 13.5 Å². The fourth-order valence-electron chi connectivity index (χ4n) is 1.27. The highest BCUT2D eigenvalue weighted by atomic mass is 16.1. The summed E-state index contributed by atoms with van der Waals surface area (Å²) in [5.74, 6) is 0.596. The molecule has 0 bridgehead atoms. The minimum atomic E-state index is -0.0149. The van der Waals surface area contributed by atoms with Crippen molar-refractivity contribution in [3.05, 3.63) is 11.8 Å². The summed E-state index contributed by atoms with van der Waals surface area (Å²) >= 11 is 0. The maximum Gasteiger partial charge on any atom is 0.226 e. The SMILES string of the molecule is CCCc1cc(NC(=O)CCNC)n[nH]1. The van der Waals surface area contributed by atoms with Crippen LogP contribution in [0.25, 0.3) is 0 Å². The number of aromatic amines is 1. The van der Waals surface area contributed by atoms with Crippen LogP contribution in [-0.4, -0.2) is 29.7 Å². The normalized spacial score (nSPS) is 10.3. The van der Waals surface area contributed by atoms with Crippen LogP contribution in [0.15, 0.2) is 6.07 Å². The first kappa shape index (κ1) is 11.7. The summed E-state index contributed by atoms with van der Waals surface area (Å²) in [6.07, 6.45) is 2.49. The van der Waals surface area contributed by atoms with E-state index in [2.05, 4.69) is 27.8 Å². The van der Waals surface area contributed by atoms with Crippen molar-refractivity contribution < 1.29 is 4.79 Å². The number of hydrogen-bond acceptors (Lipinski definition) is 3. The second-order valence-corrected chi connectivity index (χ2v) is 3.43. The Balaban J connectivity index is 2.39. The van der Waals surface area contributed by atoms with Gasteiger partial charge in [0.05, 0.1) is 0 Å². The van der Waals surface area contributed by atoms with Gasteiger partial charge in [0.15, 0.2) is 5.82 Å². The largest absolute Gasteiger partial charge is 0.319 e. The Morgan fingerprint density at radius 3 is 3.07 bits per heavy atom. The number of amides is 1. The zero-order valence-electron chi connectivity index (χ0n) is 9.26. The van der Waals surface area contributed by atoms with Crippen LogP contribution in [0.1, 0.15) is 25.5 Å². The molecule has 1 heterocycles. The number of H-pyrrole nitrogens is 1. The van der Waals surface area contributed by atoms with E-state index in [-0.39, 0.29) is 5.91 Å². The molecule has 0 radical (unpaired) electrons. The molecule has 3 N–H and O–H groups in total. The Bertz CT molecular complexity index is 308. The van der Waals surface area contributed by atoms with Gasteiger partial charge in [0.25, 0.3) is 0 Å². The van der Waals surface area contributed by atoms with E-state index >= 15 is 0 Å². The van der Waals surface area contributed by atoms with Gasteiger partial charge in [0.2, 0.25) is 5.91 Å².